The van der Waals surface area contributed by atoms with E-state index in [2.05, 4.69) is 0 Å². The zero-order valence-corrected chi connectivity index (χ0v) is 24.1. The van der Waals surface area contributed by atoms with Gasteiger partial charge in [-0.2, -0.15) is 0 Å². The van der Waals surface area contributed by atoms with Crippen LogP contribution in [0.2, 0.25) is 0 Å². The number of benzene rings is 4. The van der Waals surface area contributed by atoms with Crippen LogP contribution in [0, 0.1) is 0 Å². The van der Waals surface area contributed by atoms with Gasteiger partial charge in [0.05, 0.1) is 33.5 Å². The van der Waals surface area contributed by atoms with Crippen LogP contribution in [0.5, 0.6) is 11.5 Å². The Hall–Kier alpha value is -3.76. The van der Waals surface area contributed by atoms with Crippen LogP contribution in [0.4, 0.5) is 0 Å². The van der Waals surface area contributed by atoms with E-state index in [0.29, 0.717) is 18.1 Å². The number of aliphatic hydroxyl groups excluding tert-OH is 2. The molecule has 4 aromatic carbocycles. The van der Waals surface area contributed by atoms with Gasteiger partial charge in [0.1, 0.15) is 30.5 Å². The topological polar surface area (TPSA) is 95.8 Å². The minimum Gasteiger partial charge on any atom is -0.493 e. The molecule has 0 aromatic heterocycles. The van der Waals surface area contributed by atoms with Crippen LogP contribution in [0.3, 0.4) is 0 Å². The molecule has 43 heavy (non-hydrogen) atoms. The first kappa shape index (κ1) is 30.7. The lowest BCUT2D eigenvalue weighted by molar-refractivity contribution is -0.206. The fourth-order valence-electron chi connectivity index (χ4n) is 4.96. The third-order valence-electron chi connectivity index (χ3n) is 7.24. The SMILES string of the molecule is COc1ccccc1O[C@H]1O[C@H](COCc2ccccc2)[C@@H](OCc2ccccc2)[C@H](OCc2ccccc2)[C@H](O)[C@H]1O. The predicted molar refractivity (Wildman–Crippen MR) is 160 cm³/mol. The van der Waals surface area contributed by atoms with Gasteiger partial charge in [-0.15, -0.1) is 0 Å². The van der Waals surface area contributed by atoms with Gasteiger partial charge in [0.25, 0.3) is 0 Å². The summed E-state index contributed by atoms with van der Waals surface area (Å²) in [6, 6.07) is 36.2. The van der Waals surface area contributed by atoms with Gasteiger partial charge in [0.2, 0.25) is 6.29 Å². The fourth-order valence-corrected chi connectivity index (χ4v) is 4.96. The largest absolute Gasteiger partial charge is 0.493 e. The van der Waals surface area contributed by atoms with Crippen molar-refractivity contribution >= 4 is 0 Å². The molecule has 0 aliphatic carbocycles. The van der Waals surface area contributed by atoms with Crippen molar-refractivity contribution in [1.82, 2.24) is 0 Å². The summed E-state index contributed by atoms with van der Waals surface area (Å²) in [4.78, 5) is 0. The summed E-state index contributed by atoms with van der Waals surface area (Å²) < 4.78 is 36.9. The Morgan fingerprint density at radius 3 is 1.63 bits per heavy atom. The Balaban J connectivity index is 1.44. The Kier molecular flexibility index (Phi) is 11.2. The van der Waals surface area contributed by atoms with Gasteiger partial charge >= 0.3 is 0 Å². The van der Waals surface area contributed by atoms with E-state index >= 15 is 0 Å². The molecule has 8 nitrogen and oxygen atoms in total. The van der Waals surface area contributed by atoms with Gasteiger partial charge in [-0.05, 0) is 28.8 Å². The molecule has 0 spiro atoms. The summed E-state index contributed by atoms with van der Waals surface area (Å²) in [5.74, 6) is 0.818. The number of para-hydroxylation sites is 2. The molecule has 1 heterocycles. The smallest absolute Gasteiger partial charge is 0.229 e. The van der Waals surface area contributed by atoms with Crippen molar-refractivity contribution in [2.24, 2.45) is 0 Å². The Morgan fingerprint density at radius 2 is 1.07 bits per heavy atom. The van der Waals surface area contributed by atoms with Gasteiger partial charge in [-0.1, -0.05) is 103 Å². The van der Waals surface area contributed by atoms with E-state index in [0.717, 1.165) is 16.7 Å². The zero-order valence-electron chi connectivity index (χ0n) is 24.1. The van der Waals surface area contributed by atoms with Crippen LogP contribution in [-0.4, -0.2) is 60.7 Å². The molecule has 0 bridgehead atoms. The monoisotopic (exact) mass is 586 g/mol. The summed E-state index contributed by atoms with van der Waals surface area (Å²) in [6.45, 7) is 0.849. The lowest BCUT2D eigenvalue weighted by Gasteiger charge is -2.33. The molecule has 6 atom stereocenters. The normalized spacial score (nSPS) is 23.8. The van der Waals surface area contributed by atoms with E-state index in [-0.39, 0.29) is 19.8 Å². The van der Waals surface area contributed by atoms with Gasteiger partial charge in [0, 0.05) is 0 Å². The molecule has 4 aromatic rings. The molecular formula is C35H38O8. The molecule has 0 radical (unpaired) electrons. The van der Waals surface area contributed by atoms with E-state index < -0.39 is 36.8 Å². The van der Waals surface area contributed by atoms with Crippen molar-refractivity contribution in [2.45, 2.75) is 56.6 Å². The maximum absolute atomic E-state index is 11.6. The number of hydrogen-bond donors (Lipinski definition) is 2. The lowest BCUT2D eigenvalue weighted by atomic mass is 10.00. The molecule has 5 rings (SSSR count). The fraction of sp³-hybridized carbons (Fsp3) is 0.314. The van der Waals surface area contributed by atoms with Crippen molar-refractivity contribution in [2.75, 3.05) is 13.7 Å². The molecule has 0 amide bonds. The average molecular weight is 587 g/mol. The second-order valence-electron chi connectivity index (χ2n) is 10.3. The first-order valence-corrected chi connectivity index (χ1v) is 14.4. The number of methoxy groups -OCH3 is 1. The van der Waals surface area contributed by atoms with Crippen LogP contribution >= 0.6 is 0 Å². The quantitative estimate of drug-likeness (QED) is 0.228. The maximum atomic E-state index is 11.6. The number of rotatable bonds is 13. The highest BCUT2D eigenvalue weighted by molar-refractivity contribution is 5.39. The Labute approximate surface area is 252 Å². The molecule has 1 aliphatic rings. The van der Waals surface area contributed by atoms with E-state index in [1.54, 1.807) is 18.2 Å². The van der Waals surface area contributed by atoms with E-state index in [1.165, 1.54) is 7.11 Å². The van der Waals surface area contributed by atoms with Crippen LogP contribution in [0.1, 0.15) is 16.7 Å². The molecule has 2 N–H and O–H groups in total. The molecule has 1 fully saturated rings. The van der Waals surface area contributed by atoms with Gasteiger partial charge in [0.15, 0.2) is 11.5 Å². The van der Waals surface area contributed by atoms with Crippen LogP contribution in [0.15, 0.2) is 115 Å². The lowest BCUT2D eigenvalue weighted by Crippen LogP contribution is -2.50. The van der Waals surface area contributed by atoms with E-state index in [1.807, 2.05) is 97.1 Å². The van der Waals surface area contributed by atoms with Crippen LogP contribution in [0.25, 0.3) is 0 Å². The maximum Gasteiger partial charge on any atom is 0.229 e. The standard InChI is InChI=1S/C35H38O8/c1-38-28-19-11-12-20-29(28)42-35-32(37)31(36)34(41-23-27-17-9-4-10-18-27)33(40-22-26-15-7-3-8-16-26)30(43-35)24-39-21-25-13-5-2-6-14-25/h2-20,30-37H,21-24H2,1H3/t30-,31-,32-,33-,34-,35+/m1/s1. The van der Waals surface area contributed by atoms with Crippen molar-refractivity contribution < 1.29 is 38.6 Å². The second kappa shape index (κ2) is 15.6. The molecule has 0 saturated carbocycles. The van der Waals surface area contributed by atoms with Crippen molar-refractivity contribution in [1.29, 1.82) is 0 Å². The predicted octanol–water partition coefficient (Wildman–Crippen LogP) is 4.91. The van der Waals surface area contributed by atoms with Crippen molar-refractivity contribution in [3.8, 4) is 11.5 Å². The average Bonchev–Trinajstić information content (AvgIpc) is 3.14. The number of ether oxygens (including phenoxy) is 6. The molecule has 1 saturated heterocycles. The third-order valence-corrected chi connectivity index (χ3v) is 7.24. The van der Waals surface area contributed by atoms with Gasteiger partial charge < -0.3 is 38.6 Å². The molecule has 1 aliphatic heterocycles. The molecule has 8 heteroatoms. The molecule has 226 valence electrons. The number of hydrogen-bond acceptors (Lipinski definition) is 8. The van der Waals surface area contributed by atoms with Crippen molar-refractivity contribution in [3.05, 3.63) is 132 Å². The molecule has 0 unspecified atom stereocenters. The summed E-state index contributed by atoms with van der Waals surface area (Å²) in [7, 11) is 1.53. The molecular weight excluding hydrogens is 548 g/mol. The second-order valence-corrected chi connectivity index (χ2v) is 10.3. The van der Waals surface area contributed by atoms with Gasteiger partial charge in [-0.3, -0.25) is 0 Å². The minimum atomic E-state index is -1.48. The first-order valence-electron chi connectivity index (χ1n) is 14.4. The summed E-state index contributed by atoms with van der Waals surface area (Å²) in [6.07, 6.45) is -6.74. The van der Waals surface area contributed by atoms with Crippen LogP contribution < -0.4 is 9.47 Å². The minimum absolute atomic E-state index is 0.0881. The number of aliphatic hydroxyl groups is 2. The Morgan fingerprint density at radius 1 is 0.581 bits per heavy atom. The van der Waals surface area contributed by atoms with E-state index in [4.69, 9.17) is 28.4 Å². The first-order chi connectivity index (χ1) is 21.1. The summed E-state index contributed by atoms with van der Waals surface area (Å²) in [5.41, 5.74) is 2.85. The zero-order chi connectivity index (χ0) is 29.9. The van der Waals surface area contributed by atoms with Gasteiger partial charge in [-0.25, -0.2) is 0 Å². The van der Waals surface area contributed by atoms with Crippen molar-refractivity contribution in [3.63, 3.8) is 0 Å². The third kappa shape index (κ3) is 8.42. The summed E-state index contributed by atoms with van der Waals surface area (Å²) >= 11 is 0. The van der Waals surface area contributed by atoms with Crippen LogP contribution in [-0.2, 0) is 38.8 Å². The Bertz CT molecular complexity index is 1350. The highest BCUT2D eigenvalue weighted by atomic mass is 16.7. The highest BCUT2D eigenvalue weighted by Gasteiger charge is 2.48. The summed E-state index contributed by atoms with van der Waals surface area (Å²) in [5, 5.41) is 23.0. The van der Waals surface area contributed by atoms with E-state index in [9.17, 15) is 10.2 Å². The highest BCUT2D eigenvalue weighted by Crippen LogP contribution is 2.32.